The maximum Gasteiger partial charge on any atom is 0.238 e. The Morgan fingerprint density at radius 1 is 0.393 bits per heavy atom. The molecule has 11 rings (SSSR count). The fourth-order valence-corrected chi connectivity index (χ4v) is 8.87. The lowest BCUT2D eigenvalue weighted by atomic mass is 9.68. The SMILES string of the molecule is c1ccc(-c2ccc(-c3nc(-c4ccccc4)nc(-n4c5ccccc5c5c6c(ccc54)C(c4ccccc4)(c4ccncc4)c4ccccc4-6)n3)cc2)cc1. The van der Waals surface area contributed by atoms with E-state index in [4.69, 9.17) is 15.0 Å². The van der Waals surface area contributed by atoms with Crippen molar-refractivity contribution < 1.29 is 0 Å². The number of nitrogens with zero attached hydrogens (tertiary/aromatic N) is 5. The number of para-hydroxylation sites is 1. The third kappa shape index (κ3) is 4.81. The molecule has 0 amide bonds. The first-order valence-corrected chi connectivity index (χ1v) is 18.9. The van der Waals surface area contributed by atoms with Gasteiger partial charge in [-0.15, -0.1) is 0 Å². The molecule has 0 radical (unpaired) electrons. The molecule has 0 N–H and O–H groups in total. The van der Waals surface area contributed by atoms with Gasteiger partial charge in [0.15, 0.2) is 11.6 Å². The molecule has 7 aromatic carbocycles. The fourth-order valence-electron chi connectivity index (χ4n) is 8.87. The van der Waals surface area contributed by atoms with Gasteiger partial charge in [-0.1, -0.05) is 164 Å². The second-order valence-corrected chi connectivity index (χ2v) is 14.2. The number of rotatable bonds is 6. The first-order chi connectivity index (χ1) is 27.8. The summed E-state index contributed by atoms with van der Waals surface area (Å²) in [6, 6.07) is 66.4. The van der Waals surface area contributed by atoms with Gasteiger partial charge in [0.05, 0.1) is 16.4 Å². The Labute approximate surface area is 324 Å². The number of hydrogen-bond acceptors (Lipinski definition) is 4. The minimum absolute atomic E-state index is 0.541. The molecule has 0 fully saturated rings. The lowest BCUT2D eigenvalue weighted by Crippen LogP contribution is -2.28. The highest BCUT2D eigenvalue weighted by Crippen LogP contribution is 2.58. The zero-order valence-electron chi connectivity index (χ0n) is 30.3. The largest absolute Gasteiger partial charge is 0.278 e. The minimum atomic E-state index is -0.541. The molecular formula is C51H33N5. The maximum absolute atomic E-state index is 5.27. The van der Waals surface area contributed by atoms with Crippen molar-refractivity contribution in [2.24, 2.45) is 0 Å². The molecule has 262 valence electrons. The topological polar surface area (TPSA) is 56.5 Å². The number of pyridine rings is 1. The van der Waals surface area contributed by atoms with Gasteiger partial charge in [-0.05, 0) is 68.8 Å². The van der Waals surface area contributed by atoms with Gasteiger partial charge in [0, 0.05) is 34.3 Å². The van der Waals surface area contributed by atoms with Crippen LogP contribution in [0.4, 0.5) is 0 Å². The third-order valence-corrected chi connectivity index (χ3v) is 11.3. The van der Waals surface area contributed by atoms with E-state index in [-0.39, 0.29) is 0 Å². The maximum atomic E-state index is 5.27. The van der Waals surface area contributed by atoms with E-state index in [0.717, 1.165) is 33.1 Å². The Morgan fingerprint density at radius 3 is 1.68 bits per heavy atom. The van der Waals surface area contributed by atoms with Crippen molar-refractivity contribution >= 4 is 21.8 Å². The molecule has 5 nitrogen and oxygen atoms in total. The first kappa shape index (κ1) is 32.0. The van der Waals surface area contributed by atoms with Crippen molar-refractivity contribution in [2.45, 2.75) is 5.41 Å². The summed E-state index contributed by atoms with van der Waals surface area (Å²) in [5, 5.41) is 2.32. The molecule has 3 heterocycles. The van der Waals surface area contributed by atoms with Crippen molar-refractivity contribution in [3.05, 3.63) is 223 Å². The molecule has 1 unspecified atom stereocenters. The lowest BCUT2D eigenvalue weighted by Gasteiger charge is -2.33. The van der Waals surface area contributed by atoms with Crippen LogP contribution in [0.15, 0.2) is 200 Å². The molecule has 56 heavy (non-hydrogen) atoms. The predicted molar refractivity (Wildman–Crippen MR) is 226 cm³/mol. The Hall–Kier alpha value is -7.50. The van der Waals surface area contributed by atoms with Gasteiger partial charge < -0.3 is 0 Å². The first-order valence-electron chi connectivity index (χ1n) is 18.9. The number of fused-ring (bicyclic) bond motifs is 7. The van der Waals surface area contributed by atoms with Crippen molar-refractivity contribution in [3.8, 4) is 51.0 Å². The standard InChI is InChI=1S/C51H33N5/c1-4-14-34(15-5-1)35-24-26-37(27-25-35)49-53-48(36-16-6-2-7-17-36)54-50(55-49)56-44-23-13-11-21-41(44)47-45(56)29-28-43-46(47)40-20-10-12-22-42(40)51(43,38-18-8-3-9-19-38)39-30-32-52-33-31-39/h1-33H. The summed E-state index contributed by atoms with van der Waals surface area (Å²) in [6.07, 6.45) is 3.81. The summed E-state index contributed by atoms with van der Waals surface area (Å²) >= 11 is 0. The van der Waals surface area contributed by atoms with E-state index in [1.54, 1.807) is 0 Å². The summed E-state index contributed by atoms with van der Waals surface area (Å²) in [5.74, 6) is 1.81. The molecular weight excluding hydrogens is 683 g/mol. The van der Waals surface area contributed by atoms with E-state index in [0.29, 0.717) is 17.6 Å². The lowest BCUT2D eigenvalue weighted by molar-refractivity contribution is 0.766. The molecule has 0 saturated heterocycles. The van der Waals surface area contributed by atoms with Crippen LogP contribution in [-0.4, -0.2) is 24.5 Å². The molecule has 0 aliphatic heterocycles. The van der Waals surface area contributed by atoms with Crippen molar-refractivity contribution in [3.63, 3.8) is 0 Å². The van der Waals surface area contributed by atoms with E-state index in [2.05, 4.69) is 173 Å². The van der Waals surface area contributed by atoms with Crippen LogP contribution >= 0.6 is 0 Å². The second-order valence-electron chi connectivity index (χ2n) is 14.2. The summed E-state index contributed by atoms with van der Waals surface area (Å²) in [6.45, 7) is 0. The van der Waals surface area contributed by atoms with E-state index in [9.17, 15) is 0 Å². The summed E-state index contributed by atoms with van der Waals surface area (Å²) in [5.41, 5.74) is 13.0. The Morgan fingerprint density at radius 2 is 0.946 bits per heavy atom. The molecule has 3 aromatic heterocycles. The highest BCUT2D eigenvalue weighted by molar-refractivity contribution is 6.18. The van der Waals surface area contributed by atoms with Crippen molar-refractivity contribution in [1.82, 2.24) is 24.5 Å². The van der Waals surface area contributed by atoms with Crippen molar-refractivity contribution in [2.75, 3.05) is 0 Å². The number of aromatic nitrogens is 5. The van der Waals surface area contributed by atoms with Crippen molar-refractivity contribution in [1.29, 1.82) is 0 Å². The molecule has 0 saturated carbocycles. The van der Waals surface area contributed by atoms with E-state index < -0.39 is 5.41 Å². The predicted octanol–water partition coefficient (Wildman–Crippen LogP) is 11.7. The van der Waals surface area contributed by atoms with E-state index in [1.165, 1.54) is 44.3 Å². The molecule has 1 aliphatic rings. The molecule has 5 heteroatoms. The normalized spacial score (nSPS) is 14.5. The van der Waals surface area contributed by atoms with E-state index >= 15 is 0 Å². The van der Waals surface area contributed by atoms with Crippen LogP contribution in [0.25, 0.3) is 72.8 Å². The van der Waals surface area contributed by atoms with Crippen LogP contribution in [0.1, 0.15) is 22.3 Å². The van der Waals surface area contributed by atoms with Crippen LogP contribution in [0, 0.1) is 0 Å². The van der Waals surface area contributed by atoms with Gasteiger partial charge in [-0.3, -0.25) is 9.55 Å². The average Bonchev–Trinajstić information content (AvgIpc) is 3.78. The van der Waals surface area contributed by atoms with Crippen LogP contribution in [-0.2, 0) is 5.41 Å². The molecule has 1 atom stereocenters. The number of hydrogen-bond donors (Lipinski definition) is 0. The summed E-state index contributed by atoms with van der Waals surface area (Å²) < 4.78 is 2.22. The van der Waals surface area contributed by atoms with Crippen LogP contribution in [0.2, 0.25) is 0 Å². The Bertz CT molecular complexity index is 3010. The van der Waals surface area contributed by atoms with Gasteiger partial charge in [0.2, 0.25) is 5.95 Å². The Balaban J connectivity index is 1.19. The molecule has 0 bridgehead atoms. The van der Waals surface area contributed by atoms with Gasteiger partial charge in [0.1, 0.15) is 0 Å². The second kappa shape index (κ2) is 12.8. The van der Waals surface area contributed by atoms with Crippen LogP contribution < -0.4 is 0 Å². The fraction of sp³-hybridized carbons (Fsp3) is 0.0196. The van der Waals surface area contributed by atoms with Gasteiger partial charge in [-0.25, -0.2) is 4.98 Å². The zero-order chi connectivity index (χ0) is 37.1. The zero-order valence-corrected chi connectivity index (χ0v) is 30.3. The molecule has 1 aliphatic carbocycles. The third-order valence-electron chi connectivity index (χ3n) is 11.3. The summed E-state index contributed by atoms with van der Waals surface area (Å²) in [4.78, 5) is 20.0. The smallest absolute Gasteiger partial charge is 0.238 e. The summed E-state index contributed by atoms with van der Waals surface area (Å²) in [7, 11) is 0. The van der Waals surface area contributed by atoms with Crippen LogP contribution in [0.3, 0.4) is 0 Å². The van der Waals surface area contributed by atoms with Gasteiger partial charge >= 0.3 is 0 Å². The number of benzene rings is 7. The van der Waals surface area contributed by atoms with Crippen LogP contribution in [0.5, 0.6) is 0 Å². The average molecular weight is 716 g/mol. The minimum Gasteiger partial charge on any atom is -0.278 e. The van der Waals surface area contributed by atoms with E-state index in [1.807, 2.05) is 36.7 Å². The highest BCUT2D eigenvalue weighted by atomic mass is 15.2. The molecule has 10 aromatic rings. The monoisotopic (exact) mass is 715 g/mol. The quantitative estimate of drug-likeness (QED) is 0.172. The van der Waals surface area contributed by atoms with Gasteiger partial charge in [-0.2, -0.15) is 9.97 Å². The Kier molecular flexibility index (Phi) is 7.32. The van der Waals surface area contributed by atoms with Gasteiger partial charge in [0.25, 0.3) is 0 Å². The molecule has 0 spiro atoms. The highest BCUT2D eigenvalue weighted by Gasteiger charge is 2.47.